The van der Waals surface area contributed by atoms with E-state index in [2.05, 4.69) is 0 Å². The van der Waals surface area contributed by atoms with Crippen molar-refractivity contribution in [2.75, 3.05) is 20.3 Å². The number of hydrogen-bond donors (Lipinski definition) is 0. The van der Waals surface area contributed by atoms with Gasteiger partial charge in [0.1, 0.15) is 0 Å². The number of rotatable bonds is 4. The first kappa shape index (κ1) is 19.9. The molecule has 0 N–H and O–H groups in total. The van der Waals surface area contributed by atoms with Gasteiger partial charge in [-0.1, -0.05) is 23.2 Å². The number of ether oxygens (including phenoxy) is 4. The van der Waals surface area contributed by atoms with Gasteiger partial charge in [-0.2, -0.15) is 5.26 Å². The SMILES string of the molecule is COc1cc(C#N)cc(Cl)c1OC(=O)/C=C\c1cc(Cl)c2c(c1)OCCCO2. The fourth-order valence-electron chi connectivity index (χ4n) is 2.53. The van der Waals surface area contributed by atoms with Gasteiger partial charge in [0.2, 0.25) is 0 Å². The monoisotopic (exact) mass is 419 g/mol. The van der Waals surface area contributed by atoms with Crippen LogP contribution in [0.2, 0.25) is 10.0 Å². The Hall–Kier alpha value is -2.88. The lowest BCUT2D eigenvalue weighted by Crippen LogP contribution is -2.06. The Balaban J connectivity index is 1.79. The minimum atomic E-state index is -0.673. The first-order chi connectivity index (χ1) is 13.5. The second-order valence-electron chi connectivity index (χ2n) is 5.74. The highest BCUT2D eigenvalue weighted by Gasteiger charge is 2.16. The minimum Gasteiger partial charge on any atom is -0.493 e. The lowest BCUT2D eigenvalue weighted by molar-refractivity contribution is -0.129. The quantitative estimate of drug-likeness (QED) is 0.407. The molecule has 1 heterocycles. The van der Waals surface area contributed by atoms with E-state index in [1.54, 1.807) is 12.1 Å². The molecule has 1 aliphatic rings. The Kier molecular flexibility index (Phi) is 6.30. The summed E-state index contributed by atoms with van der Waals surface area (Å²) in [4.78, 5) is 12.2. The van der Waals surface area contributed by atoms with Gasteiger partial charge < -0.3 is 18.9 Å². The van der Waals surface area contributed by atoms with Crippen LogP contribution in [0.1, 0.15) is 17.5 Å². The van der Waals surface area contributed by atoms with Gasteiger partial charge in [-0.25, -0.2) is 4.79 Å². The number of hydrogen-bond acceptors (Lipinski definition) is 6. The molecule has 0 amide bonds. The molecule has 2 aromatic rings. The first-order valence-corrected chi connectivity index (χ1v) is 9.04. The molecule has 28 heavy (non-hydrogen) atoms. The van der Waals surface area contributed by atoms with Crippen LogP contribution in [0.4, 0.5) is 0 Å². The van der Waals surface area contributed by atoms with Crippen LogP contribution in [0, 0.1) is 11.3 Å². The number of halogens is 2. The predicted molar refractivity (Wildman–Crippen MR) is 104 cm³/mol. The molecule has 1 aliphatic heterocycles. The van der Waals surface area contributed by atoms with E-state index in [0.29, 0.717) is 40.9 Å². The average Bonchev–Trinajstić information content (AvgIpc) is 2.93. The molecule has 2 aromatic carbocycles. The number of nitrogens with zero attached hydrogens (tertiary/aromatic N) is 1. The number of fused-ring (bicyclic) bond motifs is 1. The fraction of sp³-hybridized carbons (Fsp3) is 0.200. The maximum absolute atomic E-state index is 12.2. The Morgan fingerprint density at radius 3 is 2.71 bits per heavy atom. The maximum Gasteiger partial charge on any atom is 0.336 e. The number of nitriles is 1. The summed E-state index contributed by atoms with van der Waals surface area (Å²) in [6, 6.07) is 8.16. The van der Waals surface area contributed by atoms with E-state index in [9.17, 15) is 4.79 Å². The summed E-state index contributed by atoms with van der Waals surface area (Å²) in [7, 11) is 1.39. The van der Waals surface area contributed by atoms with Gasteiger partial charge in [0.25, 0.3) is 0 Å². The summed E-state index contributed by atoms with van der Waals surface area (Å²) >= 11 is 12.3. The van der Waals surface area contributed by atoms with Crippen molar-refractivity contribution in [1.29, 1.82) is 5.26 Å². The molecule has 0 saturated carbocycles. The van der Waals surface area contributed by atoms with Gasteiger partial charge in [-0.05, 0) is 29.8 Å². The van der Waals surface area contributed by atoms with E-state index >= 15 is 0 Å². The summed E-state index contributed by atoms with van der Waals surface area (Å²) in [5, 5.41) is 9.46. The van der Waals surface area contributed by atoms with Crippen molar-refractivity contribution in [3.63, 3.8) is 0 Å². The lowest BCUT2D eigenvalue weighted by atomic mass is 10.2. The van der Waals surface area contributed by atoms with Crippen molar-refractivity contribution < 1.29 is 23.7 Å². The van der Waals surface area contributed by atoms with Crippen LogP contribution in [0.15, 0.2) is 30.3 Å². The molecule has 0 spiro atoms. The molecular formula is C20H15Cl2NO5. The highest BCUT2D eigenvalue weighted by atomic mass is 35.5. The molecule has 0 saturated heterocycles. The second-order valence-corrected chi connectivity index (χ2v) is 6.55. The summed E-state index contributed by atoms with van der Waals surface area (Å²) in [6.07, 6.45) is 3.52. The van der Waals surface area contributed by atoms with Gasteiger partial charge in [-0.3, -0.25) is 0 Å². The Bertz CT molecular complexity index is 982. The van der Waals surface area contributed by atoms with E-state index in [1.165, 1.54) is 31.4 Å². The molecule has 144 valence electrons. The van der Waals surface area contributed by atoms with E-state index in [-0.39, 0.29) is 16.5 Å². The third-order valence-corrected chi connectivity index (χ3v) is 4.36. The predicted octanol–water partition coefficient (Wildman–Crippen LogP) is 4.65. The van der Waals surface area contributed by atoms with Crippen molar-refractivity contribution in [1.82, 2.24) is 0 Å². The zero-order valence-electron chi connectivity index (χ0n) is 14.8. The van der Waals surface area contributed by atoms with Gasteiger partial charge in [0, 0.05) is 18.6 Å². The van der Waals surface area contributed by atoms with E-state index in [1.807, 2.05) is 6.07 Å². The van der Waals surface area contributed by atoms with Crippen LogP contribution in [-0.2, 0) is 4.79 Å². The van der Waals surface area contributed by atoms with Crippen LogP contribution in [-0.4, -0.2) is 26.3 Å². The van der Waals surface area contributed by atoms with Crippen molar-refractivity contribution >= 4 is 35.2 Å². The van der Waals surface area contributed by atoms with Gasteiger partial charge in [-0.15, -0.1) is 0 Å². The summed E-state index contributed by atoms with van der Waals surface area (Å²) in [5.74, 6) is 0.565. The molecule has 0 unspecified atom stereocenters. The first-order valence-electron chi connectivity index (χ1n) is 8.28. The summed E-state index contributed by atoms with van der Waals surface area (Å²) in [6.45, 7) is 1.05. The Labute approximate surface area is 171 Å². The minimum absolute atomic E-state index is 0.0366. The van der Waals surface area contributed by atoms with Crippen LogP contribution < -0.4 is 18.9 Å². The third-order valence-electron chi connectivity index (χ3n) is 3.80. The molecular weight excluding hydrogens is 405 g/mol. The molecule has 3 rings (SSSR count). The molecule has 0 aromatic heterocycles. The van der Waals surface area contributed by atoms with Gasteiger partial charge >= 0.3 is 5.97 Å². The molecule has 0 aliphatic carbocycles. The van der Waals surface area contributed by atoms with E-state index < -0.39 is 5.97 Å². The highest BCUT2D eigenvalue weighted by Crippen LogP contribution is 2.39. The number of carbonyl (C=O) groups excluding carboxylic acids is 1. The molecule has 0 atom stereocenters. The zero-order valence-corrected chi connectivity index (χ0v) is 16.3. The second kappa shape index (κ2) is 8.87. The molecule has 0 radical (unpaired) electrons. The van der Waals surface area contributed by atoms with Crippen molar-refractivity contribution in [2.45, 2.75) is 6.42 Å². The number of esters is 1. The van der Waals surface area contributed by atoms with Crippen LogP contribution in [0.3, 0.4) is 0 Å². The normalized spacial score (nSPS) is 12.9. The van der Waals surface area contributed by atoms with Gasteiger partial charge in [0.15, 0.2) is 23.0 Å². The van der Waals surface area contributed by atoms with Crippen molar-refractivity contribution in [2.24, 2.45) is 0 Å². The third kappa shape index (κ3) is 4.50. The molecule has 8 heteroatoms. The van der Waals surface area contributed by atoms with E-state index in [0.717, 1.165) is 6.42 Å². The smallest absolute Gasteiger partial charge is 0.336 e. The highest BCUT2D eigenvalue weighted by molar-refractivity contribution is 6.33. The molecule has 6 nitrogen and oxygen atoms in total. The van der Waals surface area contributed by atoms with Crippen LogP contribution in [0.25, 0.3) is 6.08 Å². The van der Waals surface area contributed by atoms with Crippen LogP contribution >= 0.6 is 23.2 Å². The summed E-state index contributed by atoms with van der Waals surface area (Å²) in [5.41, 5.74) is 0.933. The summed E-state index contributed by atoms with van der Waals surface area (Å²) < 4.78 is 21.6. The maximum atomic E-state index is 12.2. The standard InChI is InChI=1S/C20H15Cl2NO5/c1-25-16-10-13(11-23)8-15(22)20(16)28-18(24)4-3-12-7-14(21)19-17(9-12)26-5-2-6-27-19/h3-4,7-10H,2,5-6H2,1H3/b4-3-. The number of methoxy groups -OCH3 is 1. The average molecular weight is 420 g/mol. The number of benzene rings is 2. The van der Waals surface area contributed by atoms with E-state index in [4.69, 9.17) is 47.4 Å². The zero-order chi connectivity index (χ0) is 20.1. The number of carbonyl (C=O) groups is 1. The Morgan fingerprint density at radius 2 is 1.96 bits per heavy atom. The lowest BCUT2D eigenvalue weighted by Gasteiger charge is -2.11. The Morgan fingerprint density at radius 1 is 1.18 bits per heavy atom. The molecule has 0 bridgehead atoms. The fourth-order valence-corrected chi connectivity index (χ4v) is 3.05. The van der Waals surface area contributed by atoms with Crippen molar-refractivity contribution in [3.05, 3.63) is 51.5 Å². The topological polar surface area (TPSA) is 77.8 Å². The van der Waals surface area contributed by atoms with Crippen molar-refractivity contribution in [3.8, 4) is 29.1 Å². The van der Waals surface area contributed by atoms with Gasteiger partial charge in [0.05, 0.1) is 42.0 Å². The van der Waals surface area contributed by atoms with Crippen LogP contribution in [0.5, 0.6) is 23.0 Å². The largest absolute Gasteiger partial charge is 0.493 e. The molecule has 0 fully saturated rings.